The topological polar surface area (TPSA) is 49.4 Å². The summed E-state index contributed by atoms with van der Waals surface area (Å²) >= 11 is 0. The second-order valence-electron chi connectivity index (χ2n) is 4.42. The Labute approximate surface area is 108 Å². The van der Waals surface area contributed by atoms with Gasteiger partial charge in [-0.1, -0.05) is 30.3 Å². The van der Waals surface area contributed by atoms with Gasteiger partial charge in [-0.05, 0) is 18.6 Å². The van der Waals surface area contributed by atoms with Gasteiger partial charge in [0.2, 0.25) is 10.0 Å². The van der Waals surface area contributed by atoms with Gasteiger partial charge in [-0.15, -0.1) is 0 Å². The fourth-order valence-electron chi connectivity index (χ4n) is 2.01. The SMILES string of the molecule is C[C@H]1CNCCN1S(=O)(=O)/C=C/c1ccccc1. The van der Waals surface area contributed by atoms with Gasteiger partial charge < -0.3 is 5.32 Å². The van der Waals surface area contributed by atoms with Gasteiger partial charge in [0.25, 0.3) is 0 Å². The zero-order chi connectivity index (χ0) is 13.0. The Kier molecular flexibility index (Phi) is 4.16. The van der Waals surface area contributed by atoms with E-state index in [1.807, 2.05) is 37.3 Å². The van der Waals surface area contributed by atoms with E-state index in [4.69, 9.17) is 0 Å². The summed E-state index contributed by atoms with van der Waals surface area (Å²) in [5.41, 5.74) is 0.892. The molecule has 4 nitrogen and oxygen atoms in total. The molecule has 1 fully saturated rings. The molecule has 18 heavy (non-hydrogen) atoms. The first-order valence-electron chi connectivity index (χ1n) is 6.05. The normalized spacial score (nSPS) is 22.4. The molecule has 0 spiro atoms. The average Bonchev–Trinajstić information content (AvgIpc) is 2.38. The van der Waals surface area contributed by atoms with Gasteiger partial charge in [0, 0.05) is 31.1 Å². The minimum atomic E-state index is -3.32. The number of benzene rings is 1. The Balaban J connectivity index is 2.14. The maximum absolute atomic E-state index is 12.2. The third-order valence-corrected chi connectivity index (χ3v) is 4.68. The summed E-state index contributed by atoms with van der Waals surface area (Å²) in [6.07, 6.45) is 1.64. The molecule has 1 heterocycles. The lowest BCUT2D eigenvalue weighted by atomic mass is 10.2. The van der Waals surface area contributed by atoms with Crippen LogP contribution in [0.15, 0.2) is 35.7 Å². The molecule has 5 heteroatoms. The van der Waals surface area contributed by atoms with E-state index < -0.39 is 10.0 Å². The number of rotatable bonds is 3. The molecule has 0 saturated carbocycles. The molecule has 0 aliphatic carbocycles. The van der Waals surface area contributed by atoms with Crippen LogP contribution in [0.5, 0.6) is 0 Å². The average molecular weight is 266 g/mol. The fourth-order valence-corrected chi connectivity index (χ4v) is 3.41. The van der Waals surface area contributed by atoms with E-state index in [1.54, 1.807) is 10.4 Å². The first-order valence-corrected chi connectivity index (χ1v) is 7.55. The van der Waals surface area contributed by atoms with Crippen molar-refractivity contribution in [3.05, 3.63) is 41.3 Å². The highest BCUT2D eigenvalue weighted by molar-refractivity contribution is 7.92. The number of nitrogens with zero attached hydrogens (tertiary/aromatic N) is 1. The van der Waals surface area contributed by atoms with Crippen LogP contribution in [0.25, 0.3) is 6.08 Å². The minimum Gasteiger partial charge on any atom is -0.314 e. The van der Waals surface area contributed by atoms with Crippen LogP contribution in [0, 0.1) is 0 Å². The lowest BCUT2D eigenvalue weighted by Crippen LogP contribution is -2.51. The highest BCUT2D eigenvalue weighted by Crippen LogP contribution is 2.12. The number of nitrogens with one attached hydrogen (secondary N) is 1. The van der Waals surface area contributed by atoms with Gasteiger partial charge in [0.15, 0.2) is 0 Å². The first kappa shape index (κ1) is 13.3. The van der Waals surface area contributed by atoms with Crippen molar-refractivity contribution in [2.75, 3.05) is 19.6 Å². The molecule has 2 rings (SSSR count). The van der Waals surface area contributed by atoms with E-state index in [0.29, 0.717) is 19.6 Å². The molecule has 0 aromatic heterocycles. The summed E-state index contributed by atoms with van der Waals surface area (Å²) in [4.78, 5) is 0. The summed E-state index contributed by atoms with van der Waals surface area (Å²) in [5.74, 6) is 0. The lowest BCUT2D eigenvalue weighted by molar-refractivity contribution is 0.287. The van der Waals surface area contributed by atoms with E-state index in [2.05, 4.69) is 5.32 Å². The van der Waals surface area contributed by atoms with Crippen LogP contribution in [-0.2, 0) is 10.0 Å². The number of piperazine rings is 1. The molecule has 1 aliphatic heterocycles. The van der Waals surface area contributed by atoms with Crippen LogP contribution < -0.4 is 5.32 Å². The van der Waals surface area contributed by atoms with Gasteiger partial charge in [0.05, 0.1) is 0 Å². The van der Waals surface area contributed by atoms with Gasteiger partial charge in [0.1, 0.15) is 0 Å². The van der Waals surface area contributed by atoms with Crippen molar-refractivity contribution in [1.82, 2.24) is 9.62 Å². The molecular formula is C13H18N2O2S. The van der Waals surface area contributed by atoms with Gasteiger partial charge >= 0.3 is 0 Å². The Morgan fingerprint density at radius 1 is 1.33 bits per heavy atom. The quantitative estimate of drug-likeness (QED) is 0.896. The standard InChI is InChI=1S/C13H18N2O2S/c1-12-11-14-8-9-15(12)18(16,17)10-7-13-5-3-2-4-6-13/h2-7,10,12,14H,8-9,11H2,1H3/b10-7+/t12-/m0/s1. The van der Waals surface area contributed by atoms with Crippen LogP contribution in [0.2, 0.25) is 0 Å². The molecule has 1 aromatic carbocycles. The summed E-state index contributed by atoms with van der Waals surface area (Å²) in [6.45, 7) is 3.86. The van der Waals surface area contributed by atoms with E-state index in [-0.39, 0.29) is 6.04 Å². The van der Waals surface area contributed by atoms with Crippen molar-refractivity contribution in [2.24, 2.45) is 0 Å². The molecule has 0 bridgehead atoms. The highest BCUT2D eigenvalue weighted by Gasteiger charge is 2.27. The molecular weight excluding hydrogens is 248 g/mol. The Morgan fingerprint density at radius 2 is 2.06 bits per heavy atom. The third kappa shape index (κ3) is 3.19. The number of sulfonamides is 1. The molecule has 1 saturated heterocycles. The second-order valence-corrected chi connectivity index (χ2v) is 6.19. The fraction of sp³-hybridized carbons (Fsp3) is 0.385. The van der Waals surface area contributed by atoms with Gasteiger partial charge in [-0.3, -0.25) is 0 Å². The van der Waals surface area contributed by atoms with Crippen molar-refractivity contribution in [2.45, 2.75) is 13.0 Å². The molecule has 0 unspecified atom stereocenters. The first-order chi connectivity index (χ1) is 8.59. The molecule has 1 N–H and O–H groups in total. The van der Waals surface area contributed by atoms with Crippen molar-refractivity contribution in [1.29, 1.82) is 0 Å². The summed E-state index contributed by atoms with van der Waals surface area (Å²) in [7, 11) is -3.32. The number of hydrogen-bond donors (Lipinski definition) is 1. The molecule has 0 radical (unpaired) electrons. The monoisotopic (exact) mass is 266 g/mol. The smallest absolute Gasteiger partial charge is 0.236 e. The maximum atomic E-state index is 12.2. The zero-order valence-corrected chi connectivity index (χ0v) is 11.2. The minimum absolute atomic E-state index is 0.00386. The van der Waals surface area contributed by atoms with Crippen molar-refractivity contribution < 1.29 is 8.42 Å². The molecule has 1 aromatic rings. The van der Waals surface area contributed by atoms with Crippen LogP contribution in [0.4, 0.5) is 0 Å². The molecule has 98 valence electrons. The van der Waals surface area contributed by atoms with E-state index in [0.717, 1.165) is 5.56 Å². The van der Waals surface area contributed by atoms with Gasteiger partial charge in [-0.25, -0.2) is 8.42 Å². The van der Waals surface area contributed by atoms with Gasteiger partial charge in [-0.2, -0.15) is 4.31 Å². The van der Waals surface area contributed by atoms with E-state index in [9.17, 15) is 8.42 Å². The number of hydrogen-bond acceptors (Lipinski definition) is 3. The Bertz CT molecular complexity index is 511. The summed E-state index contributed by atoms with van der Waals surface area (Å²) in [5, 5.41) is 4.48. The third-order valence-electron chi connectivity index (χ3n) is 3.00. The lowest BCUT2D eigenvalue weighted by Gasteiger charge is -2.31. The summed E-state index contributed by atoms with van der Waals surface area (Å²) < 4.78 is 25.9. The van der Waals surface area contributed by atoms with E-state index in [1.165, 1.54) is 5.41 Å². The van der Waals surface area contributed by atoms with Crippen LogP contribution >= 0.6 is 0 Å². The Hall–Kier alpha value is -1.17. The van der Waals surface area contributed by atoms with Crippen molar-refractivity contribution in [3.8, 4) is 0 Å². The second kappa shape index (κ2) is 5.65. The largest absolute Gasteiger partial charge is 0.314 e. The van der Waals surface area contributed by atoms with Crippen LogP contribution in [0.1, 0.15) is 12.5 Å². The highest BCUT2D eigenvalue weighted by atomic mass is 32.2. The summed E-state index contributed by atoms with van der Waals surface area (Å²) in [6, 6.07) is 9.45. The van der Waals surface area contributed by atoms with Crippen LogP contribution in [0.3, 0.4) is 0 Å². The molecule has 0 amide bonds. The molecule has 1 aliphatic rings. The maximum Gasteiger partial charge on any atom is 0.236 e. The molecule has 1 atom stereocenters. The zero-order valence-electron chi connectivity index (χ0n) is 10.4. The predicted octanol–water partition coefficient (Wildman–Crippen LogP) is 1.28. The van der Waals surface area contributed by atoms with Crippen LogP contribution in [-0.4, -0.2) is 38.4 Å². The predicted molar refractivity (Wildman–Crippen MR) is 73.4 cm³/mol. The van der Waals surface area contributed by atoms with Crippen molar-refractivity contribution in [3.63, 3.8) is 0 Å². The van der Waals surface area contributed by atoms with Crippen molar-refractivity contribution >= 4 is 16.1 Å². The Morgan fingerprint density at radius 3 is 2.72 bits per heavy atom. The van der Waals surface area contributed by atoms with E-state index >= 15 is 0 Å².